The molecular weight excluding hydrogens is 332 g/mol. The number of carbonyl (C=O) groups is 1. The average Bonchev–Trinajstić information content (AvgIpc) is 3.32. The predicted octanol–water partition coefficient (Wildman–Crippen LogP) is 2.68. The van der Waals surface area contributed by atoms with E-state index in [0.29, 0.717) is 18.1 Å². The van der Waals surface area contributed by atoms with Crippen LogP contribution in [0.3, 0.4) is 0 Å². The van der Waals surface area contributed by atoms with Crippen molar-refractivity contribution in [3.8, 4) is 17.4 Å². The first kappa shape index (κ1) is 16.8. The molecule has 1 atom stereocenters. The molecule has 0 radical (unpaired) electrons. The molecule has 3 N–H and O–H groups in total. The van der Waals surface area contributed by atoms with Crippen LogP contribution in [0.1, 0.15) is 37.3 Å². The molecule has 0 bridgehead atoms. The highest BCUT2D eigenvalue weighted by molar-refractivity contribution is 5.93. The van der Waals surface area contributed by atoms with Gasteiger partial charge in [0.25, 0.3) is 0 Å². The monoisotopic (exact) mass is 354 g/mol. The van der Waals surface area contributed by atoms with Crippen molar-refractivity contribution in [2.75, 3.05) is 11.9 Å². The lowest BCUT2D eigenvalue weighted by Gasteiger charge is -2.13. The summed E-state index contributed by atoms with van der Waals surface area (Å²) in [4.78, 5) is 20.2. The molecule has 1 amide bonds. The predicted molar refractivity (Wildman–Crippen MR) is 96.6 cm³/mol. The van der Waals surface area contributed by atoms with Crippen LogP contribution in [0.4, 0.5) is 5.82 Å². The van der Waals surface area contributed by atoms with Gasteiger partial charge in [-0.1, -0.05) is 13.0 Å². The summed E-state index contributed by atoms with van der Waals surface area (Å²) in [6.45, 7) is 4.61. The first-order valence-electron chi connectivity index (χ1n) is 8.85. The summed E-state index contributed by atoms with van der Waals surface area (Å²) >= 11 is 0. The number of hydrogen-bond acceptors (Lipinski definition) is 6. The Kier molecular flexibility index (Phi) is 4.03. The molecule has 1 fully saturated rings. The number of benzene rings is 1. The molecule has 1 unspecified atom stereocenters. The molecule has 0 saturated heterocycles. The summed E-state index contributed by atoms with van der Waals surface area (Å²) in [5.74, 6) is 2.14. The number of nitrogens with two attached hydrogens (primary N) is 1. The van der Waals surface area contributed by atoms with E-state index in [0.717, 1.165) is 42.1 Å². The zero-order valence-corrected chi connectivity index (χ0v) is 14.9. The molecule has 2 aromatic rings. The highest BCUT2D eigenvalue weighted by Gasteiger charge is 2.53. The molecule has 1 spiro atoms. The van der Waals surface area contributed by atoms with E-state index < -0.39 is 6.04 Å². The fourth-order valence-corrected chi connectivity index (χ4v) is 3.22. The summed E-state index contributed by atoms with van der Waals surface area (Å²) in [5, 5.41) is 2.64. The zero-order valence-electron chi connectivity index (χ0n) is 14.9. The Morgan fingerprint density at radius 1 is 1.38 bits per heavy atom. The van der Waals surface area contributed by atoms with E-state index in [1.54, 1.807) is 0 Å². The number of nitrogens with one attached hydrogen (secondary N) is 1. The highest BCUT2D eigenvalue weighted by Crippen LogP contribution is 2.59. The van der Waals surface area contributed by atoms with Crippen molar-refractivity contribution < 1.29 is 14.3 Å². The number of amides is 1. The maximum atomic E-state index is 11.8. The maximum Gasteiger partial charge on any atom is 0.242 e. The number of aryl methyl sites for hydroxylation is 1. The van der Waals surface area contributed by atoms with Crippen molar-refractivity contribution in [3.05, 3.63) is 35.7 Å². The van der Waals surface area contributed by atoms with Crippen molar-refractivity contribution in [1.29, 1.82) is 0 Å². The SMILES string of the molecule is CCC(N)C(=O)Nc1cnc(Oc2ccc(C)c3c2C2(CC2)CO3)cn1. The minimum Gasteiger partial charge on any atom is -0.492 e. The lowest BCUT2D eigenvalue weighted by atomic mass is 9.95. The Morgan fingerprint density at radius 3 is 2.85 bits per heavy atom. The third-order valence-electron chi connectivity index (χ3n) is 5.06. The van der Waals surface area contributed by atoms with Crippen LogP contribution in [-0.4, -0.2) is 28.5 Å². The second-order valence-corrected chi connectivity index (χ2v) is 7.00. The number of fused-ring (bicyclic) bond motifs is 2. The fourth-order valence-electron chi connectivity index (χ4n) is 3.22. The van der Waals surface area contributed by atoms with Gasteiger partial charge in [0.15, 0.2) is 5.82 Å². The molecule has 1 aliphatic carbocycles. The van der Waals surface area contributed by atoms with Gasteiger partial charge >= 0.3 is 0 Å². The minimum atomic E-state index is -0.558. The third-order valence-corrected chi connectivity index (χ3v) is 5.06. The van der Waals surface area contributed by atoms with E-state index in [9.17, 15) is 4.79 Å². The molecule has 1 aromatic heterocycles. The van der Waals surface area contributed by atoms with E-state index in [1.807, 2.05) is 26.0 Å². The molecule has 7 heteroatoms. The normalized spacial score (nSPS) is 17.3. The maximum absolute atomic E-state index is 11.8. The van der Waals surface area contributed by atoms with Crippen LogP contribution in [0.2, 0.25) is 0 Å². The first-order chi connectivity index (χ1) is 12.5. The van der Waals surface area contributed by atoms with E-state index in [2.05, 4.69) is 15.3 Å². The van der Waals surface area contributed by atoms with E-state index in [-0.39, 0.29) is 11.3 Å². The van der Waals surface area contributed by atoms with Crippen LogP contribution in [0, 0.1) is 6.92 Å². The molecule has 26 heavy (non-hydrogen) atoms. The van der Waals surface area contributed by atoms with E-state index >= 15 is 0 Å². The Labute approximate surface area is 151 Å². The summed E-state index contributed by atoms with van der Waals surface area (Å²) in [7, 11) is 0. The Hall–Kier alpha value is -2.67. The number of anilines is 1. The summed E-state index contributed by atoms with van der Waals surface area (Å²) < 4.78 is 11.9. The van der Waals surface area contributed by atoms with Crippen molar-refractivity contribution in [3.63, 3.8) is 0 Å². The van der Waals surface area contributed by atoms with Crippen molar-refractivity contribution in [2.45, 2.75) is 44.6 Å². The highest BCUT2D eigenvalue weighted by atomic mass is 16.5. The number of aromatic nitrogens is 2. The number of rotatable bonds is 5. The zero-order chi connectivity index (χ0) is 18.3. The third kappa shape index (κ3) is 2.88. The van der Waals surface area contributed by atoms with Gasteiger partial charge in [-0.3, -0.25) is 4.79 Å². The second-order valence-electron chi connectivity index (χ2n) is 7.00. The van der Waals surface area contributed by atoms with Gasteiger partial charge in [-0.25, -0.2) is 9.97 Å². The van der Waals surface area contributed by atoms with Gasteiger partial charge in [0.05, 0.1) is 25.0 Å². The van der Waals surface area contributed by atoms with Crippen LogP contribution in [0.25, 0.3) is 0 Å². The van der Waals surface area contributed by atoms with Crippen molar-refractivity contribution in [1.82, 2.24) is 9.97 Å². The molecular formula is C19H22N4O3. The minimum absolute atomic E-state index is 0.105. The number of nitrogens with zero attached hydrogens (tertiary/aromatic N) is 2. The van der Waals surface area contributed by atoms with Gasteiger partial charge in [0.2, 0.25) is 11.8 Å². The average molecular weight is 354 g/mol. The Bertz CT molecular complexity index is 847. The van der Waals surface area contributed by atoms with Crippen LogP contribution in [-0.2, 0) is 10.2 Å². The lowest BCUT2D eigenvalue weighted by molar-refractivity contribution is -0.117. The smallest absolute Gasteiger partial charge is 0.242 e. The van der Waals surface area contributed by atoms with Gasteiger partial charge in [-0.05, 0) is 37.8 Å². The van der Waals surface area contributed by atoms with Gasteiger partial charge in [0.1, 0.15) is 11.5 Å². The molecule has 136 valence electrons. The van der Waals surface area contributed by atoms with Crippen LogP contribution < -0.4 is 20.5 Å². The van der Waals surface area contributed by atoms with Gasteiger partial charge < -0.3 is 20.5 Å². The van der Waals surface area contributed by atoms with Gasteiger partial charge in [-0.2, -0.15) is 0 Å². The molecule has 2 heterocycles. The molecule has 4 rings (SSSR count). The van der Waals surface area contributed by atoms with E-state index in [4.69, 9.17) is 15.2 Å². The lowest BCUT2D eigenvalue weighted by Crippen LogP contribution is -2.35. The van der Waals surface area contributed by atoms with Gasteiger partial charge in [-0.15, -0.1) is 0 Å². The van der Waals surface area contributed by atoms with Crippen LogP contribution in [0.5, 0.6) is 17.4 Å². The molecule has 1 aliphatic heterocycles. The standard InChI is InChI=1S/C19H22N4O3/c1-3-12(20)18(24)23-14-8-22-15(9-21-14)26-13-5-4-11(2)17-16(13)19(6-7-19)10-25-17/h4-5,8-9,12H,3,6-7,10,20H2,1-2H3,(H,21,23,24). The fraction of sp³-hybridized carbons (Fsp3) is 0.421. The second kappa shape index (κ2) is 6.25. The van der Waals surface area contributed by atoms with Crippen molar-refractivity contribution >= 4 is 11.7 Å². The van der Waals surface area contributed by atoms with Gasteiger partial charge in [0, 0.05) is 11.0 Å². The first-order valence-corrected chi connectivity index (χ1v) is 8.85. The van der Waals surface area contributed by atoms with Crippen molar-refractivity contribution in [2.24, 2.45) is 5.73 Å². The topological polar surface area (TPSA) is 99.4 Å². The summed E-state index contributed by atoms with van der Waals surface area (Å²) in [5.41, 5.74) is 8.06. The number of hydrogen-bond donors (Lipinski definition) is 2. The molecule has 7 nitrogen and oxygen atoms in total. The quantitative estimate of drug-likeness (QED) is 0.856. The Morgan fingerprint density at radius 2 is 2.19 bits per heavy atom. The molecule has 1 saturated carbocycles. The molecule has 2 aliphatic rings. The summed E-state index contributed by atoms with van der Waals surface area (Å²) in [6.07, 6.45) is 5.76. The largest absolute Gasteiger partial charge is 0.492 e. The van der Waals surface area contributed by atoms with Crippen LogP contribution >= 0.6 is 0 Å². The number of carbonyl (C=O) groups excluding carboxylic acids is 1. The molecule has 1 aromatic carbocycles. The number of ether oxygens (including phenoxy) is 2. The summed E-state index contributed by atoms with van der Waals surface area (Å²) in [6, 6.07) is 3.39. The van der Waals surface area contributed by atoms with Crippen LogP contribution in [0.15, 0.2) is 24.5 Å². The Balaban J connectivity index is 1.53. The van der Waals surface area contributed by atoms with E-state index in [1.165, 1.54) is 12.4 Å².